The Morgan fingerprint density at radius 3 is 2.44 bits per heavy atom. The average Bonchev–Trinajstić information content (AvgIpc) is 4.23. The molecule has 0 spiro atoms. The van der Waals surface area contributed by atoms with Crippen LogP contribution in [0.4, 0.5) is 15.9 Å². The third kappa shape index (κ3) is 13.9. The van der Waals surface area contributed by atoms with Gasteiger partial charge < -0.3 is 39.6 Å². The number of thiazole rings is 1. The number of nitrogens with zero attached hydrogens (tertiary/aromatic N) is 9. The molecule has 0 aliphatic carbocycles. The van der Waals surface area contributed by atoms with Crippen LogP contribution in [0.15, 0.2) is 78.6 Å². The molecule has 2 aromatic heterocycles. The number of rotatable bonds is 21. The number of amides is 3. The van der Waals surface area contributed by atoms with Crippen molar-refractivity contribution in [2.45, 2.75) is 123 Å². The van der Waals surface area contributed by atoms with Crippen LogP contribution >= 0.6 is 22.9 Å². The lowest BCUT2D eigenvalue weighted by molar-refractivity contribution is -0.146. The number of halogens is 2. The first kappa shape index (κ1) is 58.8. The predicted octanol–water partition coefficient (Wildman–Crippen LogP) is 8.57. The number of Topliss-reactive ketones (excluding diaryl/α,β-unsaturated/α-hetero) is 2. The van der Waals surface area contributed by atoms with Gasteiger partial charge in [0.1, 0.15) is 36.1 Å². The average molecular weight is 1140 g/mol. The lowest BCUT2D eigenvalue weighted by Crippen LogP contribution is -2.57. The maximum atomic E-state index is 14.3. The number of likely N-dealkylation sites (tertiary alicyclic amines) is 2. The van der Waals surface area contributed by atoms with Crippen LogP contribution in [-0.2, 0) is 43.5 Å². The third-order valence-corrected chi connectivity index (χ3v) is 17.6. The number of aliphatic hydroxyl groups is 1. The maximum Gasteiger partial charge on any atom is 0.318 e. The Morgan fingerprint density at radius 1 is 0.951 bits per heavy atom. The Kier molecular flexibility index (Phi) is 18.8. The summed E-state index contributed by atoms with van der Waals surface area (Å²) in [5, 5.41) is 16.3. The summed E-state index contributed by atoms with van der Waals surface area (Å²) in [5.41, 5.74) is 6.80. The molecule has 4 aliphatic heterocycles. The van der Waals surface area contributed by atoms with Crippen LogP contribution in [0.3, 0.4) is 0 Å². The van der Waals surface area contributed by atoms with E-state index in [1.165, 1.54) is 9.80 Å². The number of carbonyl (C=O) groups excluding carboxylic acids is 5. The minimum absolute atomic E-state index is 0.000728. The Labute approximate surface area is 482 Å². The fourth-order valence-electron chi connectivity index (χ4n) is 11.9. The number of hydrogen-bond acceptors (Lipinski definition) is 14. The van der Waals surface area contributed by atoms with Crippen LogP contribution in [0.1, 0.15) is 94.7 Å². The molecular weight excluding hydrogens is 1070 g/mol. The van der Waals surface area contributed by atoms with Gasteiger partial charge in [0.25, 0.3) is 5.91 Å². The standard InChI is InChI=1S/C61H72ClFN10O7S/c1-38(63)58(78)72-28-27-71(33-44(72)32-64-6)56-48-23-26-70(52-17-8-12-41-11-7-16-50(62)54(41)52)35-51(48)67-60(68-56)80-36-43-13-10-24-69(43)25-22-45(74)14-9-15-46(75)29-49(61(3,4)5)59(79)73-34-47(76)30-53(73)57(77)65-31-40-18-20-42(21-19-40)55-39(2)66-37-81-55/h7-8,11-12,16-21,37,43-44,47,49,53,76H,1,9-10,13-15,22-36H2,2-5H3,(H,65,77)/t43-,44-,47+,49+,53-/m0/s1. The number of nitrogens with one attached hydrogen (secondary N) is 1. The van der Waals surface area contributed by atoms with Crippen molar-refractivity contribution in [2.75, 3.05) is 68.8 Å². The van der Waals surface area contributed by atoms with Crippen molar-refractivity contribution in [3.63, 3.8) is 0 Å². The largest absolute Gasteiger partial charge is 0.462 e. The molecule has 5 aromatic rings. The van der Waals surface area contributed by atoms with Crippen molar-refractivity contribution in [2.24, 2.45) is 11.3 Å². The number of aryl methyl sites for hydroxylation is 1. The fourth-order valence-corrected chi connectivity index (χ4v) is 13.0. The summed E-state index contributed by atoms with van der Waals surface area (Å²) in [6.07, 6.45) is 2.58. The van der Waals surface area contributed by atoms with E-state index in [1.807, 2.05) is 92.7 Å². The second-order valence-corrected chi connectivity index (χ2v) is 24.2. The zero-order valence-corrected chi connectivity index (χ0v) is 48.2. The van der Waals surface area contributed by atoms with Crippen molar-refractivity contribution < 1.29 is 38.2 Å². The number of β-amino-alcohol motifs (C(OH)–C–C–N with tert-alkyl or cyclic N) is 1. The van der Waals surface area contributed by atoms with E-state index in [4.69, 9.17) is 32.9 Å². The van der Waals surface area contributed by atoms with Crippen LogP contribution in [-0.4, -0.2) is 147 Å². The molecule has 4 aliphatic rings. The molecule has 17 nitrogen and oxygen atoms in total. The summed E-state index contributed by atoms with van der Waals surface area (Å²) in [7, 11) is 0. The van der Waals surface area contributed by atoms with E-state index in [9.17, 15) is 33.5 Å². The number of carbonyl (C=O) groups is 5. The number of ketones is 2. The maximum absolute atomic E-state index is 14.3. The first-order valence-corrected chi connectivity index (χ1v) is 29.3. The highest BCUT2D eigenvalue weighted by Gasteiger charge is 2.45. The second-order valence-electron chi connectivity index (χ2n) is 22.9. The normalized spacial score (nSPS) is 19.8. The van der Waals surface area contributed by atoms with Crippen LogP contribution in [0.5, 0.6) is 6.01 Å². The molecule has 0 saturated carbocycles. The van der Waals surface area contributed by atoms with E-state index < -0.39 is 41.3 Å². The Hall–Kier alpha value is -6.85. The van der Waals surface area contributed by atoms with Gasteiger partial charge in [-0.2, -0.15) is 9.97 Å². The molecule has 0 radical (unpaired) electrons. The highest BCUT2D eigenvalue weighted by molar-refractivity contribution is 7.13. The topological polar surface area (TPSA) is 186 Å². The molecule has 9 rings (SSSR count). The van der Waals surface area contributed by atoms with Crippen LogP contribution in [0.2, 0.25) is 5.02 Å². The highest BCUT2D eigenvalue weighted by atomic mass is 35.5. The quantitative estimate of drug-likeness (QED) is 0.0526. The molecule has 0 unspecified atom stereocenters. The van der Waals surface area contributed by atoms with Crippen molar-refractivity contribution >= 4 is 74.5 Å². The fraction of sp³-hybridized carbons (Fsp3) is 0.492. The van der Waals surface area contributed by atoms with Gasteiger partial charge in [0, 0.05) is 107 Å². The summed E-state index contributed by atoms with van der Waals surface area (Å²) >= 11 is 8.36. The summed E-state index contributed by atoms with van der Waals surface area (Å²) in [6, 6.07) is 18.6. The SMILES string of the molecule is [C-]#[N+]C[C@H]1CN(c2nc(OC[C@@H]3CCCN3CCC(=O)CCCC(=O)C[C@H](C(=O)N3C[C@H](O)C[C@H]3C(=O)NCc3ccc(-c4scnc4C)cc3)C(C)(C)C)nc3c2CCN(c2cccc4cccc(Cl)c24)C3)CCN1C(=O)C(=C)F. The van der Waals surface area contributed by atoms with Gasteiger partial charge in [-0.3, -0.25) is 28.9 Å². The first-order chi connectivity index (χ1) is 38.9. The van der Waals surface area contributed by atoms with Gasteiger partial charge in [0.05, 0.1) is 39.4 Å². The number of anilines is 2. The molecule has 3 fully saturated rings. The van der Waals surface area contributed by atoms with Crippen LogP contribution in [0.25, 0.3) is 26.1 Å². The van der Waals surface area contributed by atoms with Gasteiger partial charge in [0.15, 0.2) is 5.83 Å². The van der Waals surface area contributed by atoms with E-state index >= 15 is 0 Å². The molecule has 81 heavy (non-hydrogen) atoms. The monoisotopic (exact) mass is 1140 g/mol. The molecule has 428 valence electrons. The lowest BCUT2D eigenvalue weighted by atomic mass is 9.76. The van der Waals surface area contributed by atoms with Gasteiger partial charge in [0.2, 0.25) is 18.4 Å². The molecule has 5 atom stereocenters. The van der Waals surface area contributed by atoms with E-state index in [0.29, 0.717) is 56.3 Å². The summed E-state index contributed by atoms with van der Waals surface area (Å²) in [5.74, 6) is -2.74. The number of fused-ring (bicyclic) bond motifs is 2. The van der Waals surface area contributed by atoms with Crippen molar-refractivity contribution in [1.29, 1.82) is 0 Å². The van der Waals surface area contributed by atoms with Crippen molar-refractivity contribution in [3.05, 3.63) is 118 Å². The molecule has 20 heteroatoms. The highest BCUT2D eigenvalue weighted by Crippen LogP contribution is 2.39. The summed E-state index contributed by atoms with van der Waals surface area (Å²) < 4.78 is 20.6. The predicted molar refractivity (Wildman–Crippen MR) is 312 cm³/mol. The number of hydrogen-bond donors (Lipinski definition) is 2. The zero-order valence-electron chi connectivity index (χ0n) is 46.7. The Balaban J connectivity index is 0.784. The van der Waals surface area contributed by atoms with Crippen molar-refractivity contribution in [1.82, 2.24) is 35.0 Å². The Morgan fingerprint density at radius 2 is 1.72 bits per heavy atom. The van der Waals surface area contributed by atoms with E-state index in [-0.39, 0.29) is 100 Å². The molecule has 6 heterocycles. The van der Waals surface area contributed by atoms with E-state index in [1.54, 1.807) is 11.3 Å². The molecule has 3 aromatic carbocycles. The van der Waals surface area contributed by atoms with Gasteiger partial charge in [-0.05, 0) is 73.2 Å². The number of ether oxygens (including phenoxy) is 1. The van der Waals surface area contributed by atoms with E-state index in [0.717, 1.165) is 68.8 Å². The van der Waals surface area contributed by atoms with Crippen molar-refractivity contribution in [3.8, 4) is 16.5 Å². The minimum Gasteiger partial charge on any atom is -0.462 e. The summed E-state index contributed by atoms with van der Waals surface area (Å²) in [4.78, 5) is 96.1. The van der Waals surface area contributed by atoms with Gasteiger partial charge >= 0.3 is 6.01 Å². The number of benzene rings is 3. The van der Waals surface area contributed by atoms with E-state index in [2.05, 4.69) is 37.6 Å². The van der Waals surface area contributed by atoms with Crippen LogP contribution < -0.4 is 19.9 Å². The zero-order chi connectivity index (χ0) is 57.5. The molecule has 2 N–H and O–H groups in total. The second kappa shape index (κ2) is 25.9. The molecule has 3 saturated heterocycles. The minimum atomic E-state index is -1.06. The van der Waals surface area contributed by atoms with Gasteiger partial charge in [-0.25, -0.2) is 15.9 Å². The Bertz CT molecular complexity index is 3190. The molecule has 0 bridgehead atoms. The summed E-state index contributed by atoms with van der Waals surface area (Å²) in [6.45, 7) is 22.2. The smallest absolute Gasteiger partial charge is 0.318 e. The number of aromatic nitrogens is 3. The van der Waals surface area contributed by atoms with Gasteiger partial charge in [-0.1, -0.05) is 87.5 Å². The molecule has 3 amide bonds. The lowest BCUT2D eigenvalue weighted by Gasteiger charge is -2.41. The number of aliphatic hydroxyl groups excluding tert-OH is 1. The third-order valence-electron chi connectivity index (χ3n) is 16.3. The molecular formula is C61H72ClFN10O7S. The van der Waals surface area contributed by atoms with Crippen LogP contribution in [0, 0.1) is 24.8 Å². The van der Waals surface area contributed by atoms with Gasteiger partial charge in [-0.15, -0.1) is 11.3 Å². The first-order valence-electron chi connectivity index (χ1n) is 28.1. The number of piperazine rings is 1.